The number of benzene rings is 1. The van der Waals surface area contributed by atoms with Gasteiger partial charge >= 0.3 is 5.69 Å². The molecule has 1 heterocycles. The lowest BCUT2D eigenvalue weighted by Crippen LogP contribution is -2.34. The predicted molar refractivity (Wildman–Crippen MR) is 121 cm³/mol. The lowest BCUT2D eigenvalue weighted by Gasteiger charge is -2.17. The molecule has 0 saturated carbocycles. The topological polar surface area (TPSA) is 135 Å². The van der Waals surface area contributed by atoms with Crippen LogP contribution in [-0.4, -0.2) is 40.8 Å². The van der Waals surface area contributed by atoms with Gasteiger partial charge in [-0.2, -0.15) is 0 Å². The van der Waals surface area contributed by atoms with Crippen molar-refractivity contribution >= 4 is 15.7 Å². The highest BCUT2D eigenvalue weighted by atomic mass is 32.2. The standard InChI is InChI=1S/C21H30N4O6S/c1-4-5-9-19-16(2)24(21(27)22-20(19)26)15-8-6-7-14-23(3)32(30,31)18-12-10-17(11-13-18)25(28)29/h10-13H,4-9,14-15H2,1-3H3,(H,22,26,27). The first-order chi connectivity index (χ1) is 15.1. The maximum atomic E-state index is 12.6. The number of nitrogens with one attached hydrogen (secondary N) is 1. The van der Waals surface area contributed by atoms with E-state index in [0.29, 0.717) is 43.5 Å². The van der Waals surface area contributed by atoms with Crippen molar-refractivity contribution in [2.75, 3.05) is 13.6 Å². The minimum atomic E-state index is -3.74. The molecule has 1 N–H and O–H groups in total. The van der Waals surface area contributed by atoms with Crippen molar-refractivity contribution in [1.29, 1.82) is 0 Å². The Balaban J connectivity index is 1.93. The number of nitro groups is 1. The van der Waals surface area contributed by atoms with E-state index in [1.165, 1.54) is 35.6 Å². The molecule has 0 aliphatic rings. The molecule has 0 aliphatic heterocycles. The first kappa shape index (κ1) is 25.5. The minimum Gasteiger partial charge on any atom is -0.298 e. The molecule has 0 bridgehead atoms. The van der Waals surface area contributed by atoms with E-state index >= 15 is 0 Å². The quantitative estimate of drug-likeness (QED) is 0.290. The van der Waals surface area contributed by atoms with Gasteiger partial charge in [-0.05, 0) is 44.7 Å². The molecule has 0 amide bonds. The van der Waals surface area contributed by atoms with Crippen LogP contribution in [0.4, 0.5) is 5.69 Å². The molecule has 0 aliphatic carbocycles. The molecule has 32 heavy (non-hydrogen) atoms. The second-order valence-electron chi connectivity index (χ2n) is 7.72. The largest absolute Gasteiger partial charge is 0.328 e. The molecule has 11 heteroatoms. The van der Waals surface area contributed by atoms with Crippen molar-refractivity contribution in [2.45, 2.75) is 63.8 Å². The van der Waals surface area contributed by atoms with E-state index < -0.39 is 20.6 Å². The van der Waals surface area contributed by atoms with Crippen LogP contribution in [0, 0.1) is 17.0 Å². The highest BCUT2D eigenvalue weighted by molar-refractivity contribution is 7.89. The molecule has 0 unspecified atom stereocenters. The second-order valence-corrected chi connectivity index (χ2v) is 9.76. The molecule has 0 atom stereocenters. The Bertz CT molecular complexity index is 1150. The Morgan fingerprint density at radius 1 is 1.09 bits per heavy atom. The summed E-state index contributed by atoms with van der Waals surface area (Å²) in [5, 5.41) is 10.7. The molecule has 1 aromatic carbocycles. The normalized spacial score (nSPS) is 11.8. The number of rotatable bonds is 12. The molecule has 176 valence electrons. The Morgan fingerprint density at radius 3 is 2.34 bits per heavy atom. The molecule has 2 rings (SSSR count). The predicted octanol–water partition coefficient (Wildman–Crippen LogP) is 2.59. The zero-order chi connectivity index (χ0) is 23.9. The molecule has 2 aromatic rings. The van der Waals surface area contributed by atoms with E-state index in [4.69, 9.17) is 0 Å². The first-order valence-corrected chi connectivity index (χ1v) is 12.1. The van der Waals surface area contributed by atoms with Crippen molar-refractivity contribution in [1.82, 2.24) is 13.9 Å². The lowest BCUT2D eigenvalue weighted by atomic mass is 10.1. The molecule has 0 radical (unpaired) electrons. The van der Waals surface area contributed by atoms with Gasteiger partial charge in [-0.3, -0.25) is 24.5 Å². The highest BCUT2D eigenvalue weighted by Gasteiger charge is 2.21. The van der Waals surface area contributed by atoms with Gasteiger partial charge in [0.15, 0.2) is 0 Å². The van der Waals surface area contributed by atoms with Gasteiger partial charge < -0.3 is 0 Å². The maximum Gasteiger partial charge on any atom is 0.328 e. The molecule has 10 nitrogen and oxygen atoms in total. The summed E-state index contributed by atoms with van der Waals surface area (Å²) in [6.07, 6.45) is 4.39. The van der Waals surface area contributed by atoms with E-state index in [2.05, 4.69) is 4.98 Å². The van der Waals surface area contributed by atoms with Crippen LogP contribution < -0.4 is 11.2 Å². The van der Waals surface area contributed by atoms with E-state index in [9.17, 15) is 28.1 Å². The number of aromatic nitrogens is 2. The Hall–Kier alpha value is -2.79. The summed E-state index contributed by atoms with van der Waals surface area (Å²) in [6, 6.07) is 4.79. The molecule has 0 spiro atoms. The van der Waals surface area contributed by atoms with E-state index in [1.807, 2.05) is 6.92 Å². The third-order valence-corrected chi connectivity index (χ3v) is 7.34. The average Bonchev–Trinajstić information content (AvgIpc) is 2.75. The number of nitrogens with zero attached hydrogens (tertiary/aromatic N) is 3. The summed E-state index contributed by atoms with van der Waals surface area (Å²) in [4.78, 5) is 36.8. The fraction of sp³-hybridized carbons (Fsp3) is 0.524. The maximum absolute atomic E-state index is 12.6. The smallest absolute Gasteiger partial charge is 0.298 e. The van der Waals surface area contributed by atoms with Crippen LogP contribution in [0.5, 0.6) is 0 Å². The summed E-state index contributed by atoms with van der Waals surface area (Å²) >= 11 is 0. The Labute approximate surface area is 187 Å². The van der Waals surface area contributed by atoms with Gasteiger partial charge in [-0.1, -0.05) is 19.8 Å². The third kappa shape index (κ3) is 6.13. The van der Waals surface area contributed by atoms with Gasteiger partial charge in [0.2, 0.25) is 10.0 Å². The van der Waals surface area contributed by atoms with E-state index in [1.54, 1.807) is 11.5 Å². The SMILES string of the molecule is CCCCc1c(C)n(CCCCCN(C)S(=O)(=O)c2ccc([N+](=O)[O-])cc2)c(=O)[nH]c1=O. The van der Waals surface area contributed by atoms with Crippen LogP contribution in [-0.2, 0) is 23.0 Å². The zero-order valence-corrected chi connectivity index (χ0v) is 19.5. The summed E-state index contributed by atoms with van der Waals surface area (Å²) < 4.78 is 28.0. The number of aromatic amines is 1. The molecule has 0 saturated heterocycles. The van der Waals surface area contributed by atoms with Crippen LogP contribution >= 0.6 is 0 Å². The number of non-ortho nitro benzene ring substituents is 1. The number of sulfonamides is 1. The summed E-state index contributed by atoms with van der Waals surface area (Å²) in [5.74, 6) is 0. The lowest BCUT2D eigenvalue weighted by molar-refractivity contribution is -0.384. The van der Waals surface area contributed by atoms with E-state index in [-0.39, 0.29) is 22.7 Å². The van der Waals surface area contributed by atoms with Crippen molar-refractivity contribution in [2.24, 2.45) is 0 Å². The van der Waals surface area contributed by atoms with Crippen molar-refractivity contribution in [3.63, 3.8) is 0 Å². The zero-order valence-electron chi connectivity index (χ0n) is 18.7. The number of hydrogen-bond acceptors (Lipinski definition) is 6. The monoisotopic (exact) mass is 466 g/mol. The summed E-state index contributed by atoms with van der Waals surface area (Å²) in [5.41, 5.74) is 0.406. The molecule has 0 fully saturated rings. The van der Waals surface area contributed by atoms with Crippen LogP contribution in [0.15, 0.2) is 38.8 Å². The fourth-order valence-electron chi connectivity index (χ4n) is 3.46. The van der Waals surface area contributed by atoms with Gasteiger partial charge in [0.1, 0.15) is 0 Å². The first-order valence-electron chi connectivity index (χ1n) is 10.6. The molecule has 1 aromatic heterocycles. The fourth-order valence-corrected chi connectivity index (χ4v) is 4.67. The van der Waals surface area contributed by atoms with Gasteiger partial charge in [0.05, 0.1) is 9.82 Å². The Morgan fingerprint density at radius 2 is 1.75 bits per heavy atom. The van der Waals surface area contributed by atoms with Crippen LogP contribution in [0.2, 0.25) is 0 Å². The van der Waals surface area contributed by atoms with Crippen LogP contribution in [0.3, 0.4) is 0 Å². The van der Waals surface area contributed by atoms with Crippen molar-refractivity contribution < 1.29 is 13.3 Å². The van der Waals surface area contributed by atoms with Crippen molar-refractivity contribution in [3.8, 4) is 0 Å². The molecular formula is C21H30N4O6S. The Kier molecular flexibility index (Phi) is 8.90. The highest BCUT2D eigenvalue weighted by Crippen LogP contribution is 2.19. The van der Waals surface area contributed by atoms with Crippen LogP contribution in [0.1, 0.15) is 50.3 Å². The van der Waals surface area contributed by atoms with Crippen molar-refractivity contribution in [3.05, 3.63) is 66.5 Å². The number of H-pyrrole nitrogens is 1. The number of nitro benzene ring substituents is 1. The number of hydrogen-bond donors (Lipinski definition) is 1. The summed E-state index contributed by atoms with van der Waals surface area (Å²) in [6.45, 7) is 4.55. The average molecular weight is 467 g/mol. The van der Waals surface area contributed by atoms with Gasteiger partial charge in [-0.25, -0.2) is 17.5 Å². The van der Waals surface area contributed by atoms with Gasteiger partial charge in [0, 0.05) is 43.5 Å². The van der Waals surface area contributed by atoms with Gasteiger partial charge in [0.25, 0.3) is 11.2 Å². The minimum absolute atomic E-state index is 0.000579. The van der Waals surface area contributed by atoms with Crippen LogP contribution in [0.25, 0.3) is 0 Å². The van der Waals surface area contributed by atoms with Gasteiger partial charge in [-0.15, -0.1) is 0 Å². The second kappa shape index (κ2) is 11.2. The number of unbranched alkanes of at least 4 members (excludes halogenated alkanes) is 3. The van der Waals surface area contributed by atoms with E-state index in [0.717, 1.165) is 12.8 Å². The third-order valence-electron chi connectivity index (χ3n) is 5.47. The molecular weight excluding hydrogens is 436 g/mol. The summed E-state index contributed by atoms with van der Waals surface area (Å²) in [7, 11) is -2.27.